The second kappa shape index (κ2) is 10.0. The molecular weight excluding hydrogens is 324 g/mol. The number of unbranched alkanes of at least 4 members (excludes halogenated alkanes) is 3. The Hall–Kier alpha value is -0.780. The summed E-state index contributed by atoms with van der Waals surface area (Å²) in [7, 11) is 0. The quantitative estimate of drug-likeness (QED) is 0.638. The molecule has 20 heavy (non-hydrogen) atoms. The summed E-state index contributed by atoms with van der Waals surface area (Å²) in [5.41, 5.74) is 0.788. The van der Waals surface area contributed by atoms with E-state index < -0.39 is 0 Å². The molecule has 4 nitrogen and oxygen atoms in total. The van der Waals surface area contributed by atoms with Gasteiger partial charge in [0.05, 0.1) is 24.3 Å². The van der Waals surface area contributed by atoms with Crippen LogP contribution >= 0.6 is 15.9 Å². The number of hydrogen-bond donors (Lipinski definition) is 2. The van der Waals surface area contributed by atoms with Crippen molar-refractivity contribution < 1.29 is 19.7 Å². The summed E-state index contributed by atoms with van der Waals surface area (Å²) in [5.74, 6) is 1.34. The molecule has 0 atom stereocenters. The summed E-state index contributed by atoms with van der Waals surface area (Å²) in [5, 5.41) is 17.9. The van der Waals surface area contributed by atoms with E-state index in [9.17, 15) is 5.11 Å². The third kappa shape index (κ3) is 5.69. The molecule has 0 bridgehead atoms. The Balaban J connectivity index is 2.58. The average molecular weight is 347 g/mol. The van der Waals surface area contributed by atoms with E-state index in [2.05, 4.69) is 15.9 Å². The summed E-state index contributed by atoms with van der Waals surface area (Å²) in [4.78, 5) is 0. The third-order valence-corrected chi connectivity index (χ3v) is 3.44. The van der Waals surface area contributed by atoms with Gasteiger partial charge in [-0.1, -0.05) is 6.42 Å². The molecule has 2 N–H and O–H groups in total. The molecule has 0 heterocycles. The van der Waals surface area contributed by atoms with E-state index >= 15 is 0 Å². The summed E-state index contributed by atoms with van der Waals surface area (Å²) in [6.45, 7) is 3.30. The van der Waals surface area contributed by atoms with Gasteiger partial charge in [-0.2, -0.15) is 0 Å². The van der Waals surface area contributed by atoms with Crippen LogP contribution in [0.5, 0.6) is 11.5 Å². The molecule has 1 aromatic carbocycles. The predicted molar refractivity (Wildman–Crippen MR) is 82.3 cm³/mol. The van der Waals surface area contributed by atoms with E-state index in [4.69, 9.17) is 14.6 Å². The van der Waals surface area contributed by atoms with Crippen LogP contribution in [0.3, 0.4) is 0 Å². The van der Waals surface area contributed by atoms with E-state index in [1.807, 2.05) is 13.0 Å². The normalized spacial score (nSPS) is 10.6. The van der Waals surface area contributed by atoms with Gasteiger partial charge in [0.25, 0.3) is 0 Å². The number of aliphatic hydroxyl groups excluding tert-OH is 2. The lowest BCUT2D eigenvalue weighted by molar-refractivity contribution is 0.258. The van der Waals surface area contributed by atoms with E-state index in [0.717, 1.165) is 35.7 Å². The number of halogens is 1. The first-order valence-corrected chi connectivity index (χ1v) is 7.82. The summed E-state index contributed by atoms with van der Waals surface area (Å²) >= 11 is 3.45. The second-order valence-electron chi connectivity index (χ2n) is 4.48. The van der Waals surface area contributed by atoms with Crippen LogP contribution in [0.25, 0.3) is 0 Å². The SMILES string of the molecule is CCOc1cc(CO)cc(Br)c1OCCCCCCO. The second-order valence-corrected chi connectivity index (χ2v) is 5.34. The molecule has 0 unspecified atom stereocenters. The van der Waals surface area contributed by atoms with Crippen molar-refractivity contribution in [1.82, 2.24) is 0 Å². The lowest BCUT2D eigenvalue weighted by Crippen LogP contribution is -2.03. The number of rotatable bonds is 10. The van der Waals surface area contributed by atoms with Crippen LogP contribution in [0.4, 0.5) is 0 Å². The Morgan fingerprint density at radius 1 is 1.05 bits per heavy atom. The van der Waals surface area contributed by atoms with Crippen molar-refractivity contribution in [3.05, 3.63) is 22.2 Å². The highest BCUT2D eigenvalue weighted by Crippen LogP contribution is 2.37. The number of ether oxygens (including phenoxy) is 2. The first-order chi connectivity index (χ1) is 9.72. The molecule has 0 spiro atoms. The van der Waals surface area contributed by atoms with Gasteiger partial charge in [0.15, 0.2) is 11.5 Å². The van der Waals surface area contributed by atoms with Crippen molar-refractivity contribution in [2.24, 2.45) is 0 Å². The van der Waals surface area contributed by atoms with Crippen LogP contribution in [0.1, 0.15) is 38.2 Å². The minimum Gasteiger partial charge on any atom is -0.490 e. The van der Waals surface area contributed by atoms with Gasteiger partial charge in [-0.25, -0.2) is 0 Å². The van der Waals surface area contributed by atoms with Gasteiger partial charge in [0.1, 0.15) is 0 Å². The Morgan fingerprint density at radius 3 is 2.45 bits per heavy atom. The van der Waals surface area contributed by atoms with Gasteiger partial charge >= 0.3 is 0 Å². The van der Waals surface area contributed by atoms with E-state index in [-0.39, 0.29) is 13.2 Å². The van der Waals surface area contributed by atoms with Crippen molar-refractivity contribution >= 4 is 15.9 Å². The fourth-order valence-corrected chi connectivity index (χ4v) is 2.46. The Labute approximate surface area is 128 Å². The molecule has 0 radical (unpaired) electrons. The smallest absolute Gasteiger partial charge is 0.175 e. The highest BCUT2D eigenvalue weighted by Gasteiger charge is 2.11. The third-order valence-electron chi connectivity index (χ3n) is 2.85. The molecule has 0 saturated carbocycles. The maximum absolute atomic E-state index is 9.20. The maximum atomic E-state index is 9.20. The molecule has 1 rings (SSSR count). The van der Waals surface area contributed by atoms with Gasteiger partial charge in [-0.15, -0.1) is 0 Å². The molecule has 1 aromatic rings. The zero-order chi connectivity index (χ0) is 14.8. The minimum absolute atomic E-state index is 0.0277. The number of benzene rings is 1. The van der Waals surface area contributed by atoms with Crippen LogP contribution in [0.2, 0.25) is 0 Å². The Kier molecular flexibility index (Phi) is 8.65. The van der Waals surface area contributed by atoms with Gasteiger partial charge in [0, 0.05) is 6.61 Å². The fraction of sp³-hybridized carbons (Fsp3) is 0.600. The van der Waals surface area contributed by atoms with Crippen molar-refractivity contribution in [2.75, 3.05) is 19.8 Å². The van der Waals surface area contributed by atoms with Gasteiger partial charge in [-0.3, -0.25) is 0 Å². The summed E-state index contributed by atoms with van der Waals surface area (Å²) in [6.07, 6.45) is 3.85. The van der Waals surface area contributed by atoms with Crippen LogP contribution in [0.15, 0.2) is 16.6 Å². The average Bonchev–Trinajstić information content (AvgIpc) is 2.44. The molecule has 5 heteroatoms. The first kappa shape index (κ1) is 17.3. The van der Waals surface area contributed by atoms with Crippen LogP contribution in [-0.2, 0) is 6.61 Å². The van der Waals surface area contributed by atoms with E-state index in [1.54, 1.807) is 6.07 Å². The van der Waals surface area contributed by atoms with Crippen LogP contribution < -0.4 is 9.47 Å². The Morgan fingerprint density at radius 2 is 1.80 bits per heavy atom. The summed E-state index contributed by atoms with van der Waals surface area (Å²) < 4.78 is 12.1. The van der Waals surface area contributed by atoms with E-state index in [1.165, 1.54) is 0 Å². The van der Waals surface area contributed by atoms with Crippen molar-refractivity contribution in [1.29, 1.82) is 0 Å². The molecule has 0 aliphatic rings. The van der Waals surface area contributed by atoms with Crippen molar-refractivity contribution in [2.45, 2.75) is 39.2 Å². The lowest BCUT2D eigenvalue weighted by atomic mass is 10.2. The number of hydrogen-bond acceptors (Lipinski definition) is 4. The lowest BCUT2D eigenvalue weighted by Gasteiger charge is -2.15. The topological polar surface area (TPSA) is 58.9 Å². The molecule has 0 aromatic heterocycles. The van der Waals surface area contributed by atoms with Gasteiger partial charge in [-0.05, 0) is 59.8 Å². The van der Waals surface area contributed by atoms with Crippen molar-refractivity contribution in [3.63, 3.8) is 0 Å². The Bertz CT molecular complexity index is 396. The first-order valence-electron chi connectivity index (χ1n) is 7.02. The molecule has 0 saturated heterocycles. The van der Waals surface area contributed by atoms with Crippen molar-refractivity contribution in [3.8, 4) is 11.5 Å². The molecule has 114 valence electrons. The highest BCUT2D eigenvalue weighted by molar-refractivity contribution is 9.10. The summed E-state index contributed by atoms with van der Waals surface area (Å²) in [6, 6.07) is 3.64. The van der Waals surface area contributed by atoms with Gasteiger partial charge in [0.2, 0.25) is 0 Å². The molecule has 0 fully saturated rings. The monoisotopic (exact) mass is 346 g/mol. The zero-order valence-corrected chi connectivity index (χ0v) is 13.5. The van der Waals surface area contributed by atoms with Gasteiger partial charge < -0.3 is 19.7 Å². The standard InChI is InChI=1S/C15H23BrO4/c1-2-19-14-10-12(11-18)9-13(16)15(14)20-8-6-4-3-5-7-17/h9-10,17-18H,2-8,11H2,1H3. The zero-order valence-electron chi connectivity index (χ0n) is 11.9. The molecule has 0 amide bonds. The maximum Gasteiger partial charge on any atom is 0.175 e. The minimum atomic E-state index is -0.0277. The van der Waals surface area contributed by atoms with E-state index in [0.29, 0.717) is 24.7 Å². The highest BCUT2D eigenvalue weighted by atomic mass is 79.9. The van der Waals surface area contributed by atoms with Crippen LogP contribution in [0, 0.1) is 0 Å². The molecular formula is C15H23BrO4. The largest absolute Gasteiger partial charge is 0.490 e. The number of aliphatic hydroxyl groups is 2. The predicted octanol–water partition coefficient (Wildman–Crippen LogP) is 3.27. The molecule has 0 aliphatic carbocycles. The van der Waals surface area contributed by atoms with Crippen LogP contribution in [-0.4, -0.2) is 30.0 Å². The fourth-order valence-electron chi connectivity index (χ4n) is 1.86. The molecule has 0 aliphatic heterocycles.